The number of guanidine groups is 1. The molecule has 0 aliphatic carbocycles. The number of alkyl halides is 3. The maximum absolute atomic E-state index is 12.6. The van der Waals surface area contributed by atoms with E-state index >= 15 is 0 Å². The van der Waals surface area contributed by atoms with Gasteiger partial charge in [0.2, 0.25) is 0 Å². The van der Waals surface area contributed by atoms with E-state index in [1.54, 1.807) is 31.3 Å². The summed E-state index contributed by atoms with van der Waals surface area (Å²) in [7, 11) is 3.41. The number of benzene rings is 1. The molecular weight excluding hydrogens is 389 g/mol. The van der Waals surface area contributed by atoms with E-state index in [2.05, 4.69) is 15.3 Å². The first-order chi connectivity index (χ1) is 12.3. The number of nitrogens with zero attached hydrogens (tertiary/aromatic N) is 3. The Labute approximate surface area is 158 Å². The van der Waals surface area contributed by atoms with Gasteiger partial charge >= 0.3 is 6.18 Å². The summed E-state index contributed by atoms with van der Waals surface area (Å²) in [5.41, 5.74) is -0.876. The molecule has 0 unspecified atom stereocenters. The summed E-state index contributed by atoms with van der Waals surface area (Å²) in [5, 5.41) is 4.96. The molecule has 0 amide bonds. The molecule has 5 nitrogen and oxygen atoms in total. The fourth-order valence-electron chi connectivity index (χ4n) is 2.00. The van der Waals surface area contributed by atoms with Crippen molar-refractivity contribution >= 4 is 28.9 Å². The summed E-state index contributed by atoms with van der Waals surface area (Å²) in [6, 6.07) is 7.03. The molecule has 0 saturated heterocycles. The summed E-state index contributed by atoms with van der Waals surface area (Å²) in [6.07, 6.45) is -4.42. The lowest BCUT2D eigenvalue weighted by Crippen LogP contribution is -2.40. The first-order valence-electron chi connectivity index (χ1n) is 7.61. The predicted octanol–water partition coefficient (Wildman–Crippen LogP) is 3.90. The Hall–Kier alpha value is -2.00. The number of thiazole rings is 1. The molecule has 1 aromatic carbocycles. The summed E-state index contributed by atoms with van der Waals surface area (Å²) < 4.78 is 43.3. The molecule has 10 heteroatoms. The SMILES string of the molecule is CN=C(NCc1nc(C(F)(F)F)cs1)N(C)CCOc1ccc(Cl)cc1. The predicted molar refractivity (Wildman–Crippen MR) is 96.9 cm³/mol. The van der Waals surface area contributed by atoms with Crippen LogP contribution >= 0.6 is 22.9 Å². The van der Waals surface area contributed by atoms with Gasteiger partial charge in [0.1, 0.15) is 17.4 Å². The Bertz CT molecular complexity index is 734. The second kappa shape index (κ2) is 9.09. The van der Waals surface area contributed by atoms with Gasteiger partial charge in [-0.05, 0) is 24.3 Å². The van der Waals surface area contributed by atoms with E-state index in [0.717, 1.165) is 16.7 Å². The molecule has 0 fully saturated rings. The first kappa shape index (κ1) is 20.3. The van der Waals surface area contributed by atoms with Gasteiger partial charge in [-0.1, -0.05) is 11.6 Å². The van der Waals surface area contributed by atoms with Gasteiger partial charge in [0.15, 0.2) is 11.7 Å². The van der Waals surface area contributed by atoms with E-state index in [9.17, 15) is 13.2 Å². The van der Waals surface area contributed by atoms with E-state index in [4.69, 9.17) is 16.3 Å². The standard InChI is InChI=1S/C16H18ClF3N4OS/c1-21-15(22-9-14-23-13(10-26-14)16(18,19)20)24(2)7-8-25-12-5-3-11(17)4-6-12/h3-6,10H,7-9H2,1-2H3,(H,21,22). The minimum Gasteiger partial charge on any atom is -0.492 e. The lowest BCUT2D eigenvalue weighted by molar-refractivity contribution is -0.140. The van der Waals surface area contributed by atoms with E-state index in [1.165, 1.54) is 0 Å². The maximum atomic E-state index is 12.6. The van der Waals surface area contributed by atoms with Crippen LogP contribution in [0.3, 0.4) is 0 Å². The zero-order valence-electron chi connectivity index (χ0n) is 14.2. The third kappa shape index (κ3) is 6.06. The first-order valence-corrected chi connectivity index (χ1v) is 8.87. The van der Waals surface area contributed by atoms with Crippen molar-refractivity contribution in [2.24, 2.45) is 4.99 Å². The van der Waals surface area contributed by atoms with Crippen LogP contribution in [-0.2, 0) is 12.7 Å². The van der Waals surface area contributed by atoms with Crippen molar-refractivity contribution in [2.45, 2.75) is 12.7 Å². The van der Waals surface area contributed by atoms with Crippen LogP contribution in [0.2, 0.25) is 5.02 Å². The Morgan fingerprint density at radius 2 is 2.04 bits per heavy atom. The molecule has 0 bridgehead atoms. The van der Waals surface area contributed by atoms with E-state index in [-0.39, 0.29) is 6.54 Å². The average Bonchev–Trinajstić information content (AvgIpc) is 3.06. The van der Waals surface area contributed by atoms with Crippen LogP contribution in [0.25, 0.3) is 0 Å². The Kier molecular flexibility index (Phi) is 7.10. The molecule has 2 rings (SSSR count). The zero-order chi connectivity index (χ0) is 19.2. The van der Waals surface area contributed by atoms with Gasteiger partial charge < -0.3 is 15.0 Å². The minimum atomic E-state index is -4.42. The molecule has 0 spiro atoms. The molecule has 26 heavy (non-hydrogen) atoms. The van der Waals surface area contributed by atoms with E-state index < -0.39 is 11.9 Å². The number of aliphatic imine (C=N–C) groups is 1. The van der Waals surface area contributed by atoms with Crippen molar-refractivity contribution in [1.29, 1.82) is 0 Å². The summed E-state index contributed by atoms with van der Waals surface area (Å²) >= 11 is 6.77. The molecule has 0 radical (unpaired) electrons. The smallest absolute Gasteiger partial charge is 0.434 e. The van der Waals surface area contributed by atoms with Gasteiger partial charge in [0.25, 0.3) is 0 Å². The minimum absolute atomic E-state index is 0.163. The number of aromatic nitrogens is 1. The Morgan fingerprint density at radius 3 is 2.62 bits per heavy atom. The monoisotopic (exact) mass is 406 g/mol. The Balaban J connectivity index is 1.80. The zero-order valence-corrected chi connectivity index (χ0v) is 15.8. The van der Waals surface area contributed by atoms with Crippen molar-refractivity contribution in [2.75, 3.05) is 27.2 Å². The lowest BCUT2D eigenvalue weighted by Gasteiger charge is -2.21. The van der Waals surface area contributed by atoms with Crippen LogP contribution < -0.4 is 10.1 Å². The number of hydrogen-bond donors (Lipinski definition) is 1. The fraction of sp³-hybridized carbons (Fsp3) is 0.375. The number of hydrogen-bond acceptors (Lipinski definition) is 4. The van der Waals surface area contributed by atoms with Crippen LogP contribution in [0, 0.1) is 0 Å². The summed E-state index contributed by atoms with van der Waals surface area (Å²) in [4.78, 5) is 9.50. The van der Waals surface area contributed by atoms with Gasteiger partial charge in [-0.3, -0.25) is 4.99 Å². The third-order valence-electron chi connectivity index (χ3n) is 3.32. The van der Waals surface area contributed by atoms with Crippen LogP contribution in [0.15, 0.2) is 34.6 Å². The Morgan fingerprint density at radius 1 is 1.35 bits per heavy atom. The molecule has 2 aromatic rings. The summed E-state index contributed by atoms with van der Waals surface area (Å²) in [5.74, 6) is 1.24. The van der Waals surface area contributed by atoms with Gasteiger partial charge in [0.05, 0.1) is 13.1 Å². The molecule has 0 aliphatic rings. The lowest BCUT2D eigenvalue weighted by atomic mass is 10.3. The molecule has 142 valence electrons. The molecule has 0 atom stereocenters. The van der Waals surface area contributed by atoms with Crippen LogP contribution in [-0.4, -0.2) is 43.1 Å². The summed E-state index contributed by atoms with van der Waals surface area (Å²) in [6.45, 7) is 1.11. The van der Waals surface area contributed by atoms with Crippen molar-refractivity contribution < 1.29 is 17.9 Å². The third-order valence-corrected chi connectivity index (χ3v) is 4.42. The fourth-order valence-corrected chi connectivity index (χ4v) is 2.87. The van der Waals surface area contributed by atoms with Gasteiger partial charge in [-0.25, -0.2) is 4.98 Å². The normalized spacial score (nSPS) is 12.2. The largest absolute Gasteiger partial charge is 0.492 e. The highest BCUT2D eigenvalue weighted by Gasteiger charge is 2.33. The van der Waals surface area contributed by atoms with E-state index in [1.807, 2.05) is 11.9 Å². The van der Waals surface area contributed by atoms with Crippen molar-refractivity contribution in [3.8, 4) is 5.75 Å². The molecular formula is C16H18ClF3N4OS. The second-order valence-electron chi connectivity index (χ2n) is 5.25. The number of ether oxygens (including phenoxy) is 1. The maximum Gasteiger partial charge on any atom is 0.434 e. The van der Waals surface area contributed by atoms with Crippen LogP contribution in [0.5, 0.6) is 5.75 Å². The molecule has 0 aliphatic heterocycles. The average molecular weight is 407 g/mol. The quantitative estimate of drug-likeness (QED) is 0.584. The molecule has 1 heterocycles. The van der Waals surface area contributed by atoms with Crippen molar-refractivity contribution in [3.63, 3.8) is 0 Å². The number of halogens is 4. The van der Waals surface area contributed by atoms with Gasteiger partial charge in [-0.15, -0.1) is 11.3 Å². The topological polar surface area (TPSA) is 49.8 Å². The van der Waals surface area contributed by atoms with Crippen molar-refractivity contribution in [3.05, 3.63) is 45.4 Å². The highest BCUT2D eigenvalue weighted by Crippen LogP contribution is 2.29. The number of rotatable bonds is 6. The van der Waals surface area contributed by atoms with Crippen molar-refractivity contribution in [1.82, 2.24) is 15.2 Å². The number of likely N-dealkylation sites (N-methyl/N-ethyl adjacent to an activating group) is 1. The van der Waals surface area contributed by atoms with E-state index in [0.29, 0.717) is 34.9 Å². The highest BCUT2D eigenvalue weighted by molar-refractivity contribution is 7.09. The molecule has 1 aromatic heterocycles. The van der Waals surface area contributed by atoms with Crippen LogP contribution in [0.4, 0.5) is 13.2 Å². The van der Waals surface area contributed by atoms with Gasteiger partial charge in [0, 0.05) is 24.5 Å². The molecule has 1 N–H and O–H groups in total. The second-order valence-corrected chi connectivity index (χ2v) is 6.63. The van der Waals surface area contributed by atoms with Gasteiger partial charge in [-0.2, -0.15) is 13.2 Å². The molecule has 0 saturated carbocycles. The number of nitrogens with one attached hydrogen (secondary N) is 1. The van der Waals surface area contributed by atoms with Crippen LogP contribution in [0.1, 0.15) is 10.7 Å². The highest BCUT2D eigenvalue weighted by atomic mass is 35.5.